The van der Waals surface area contributed by atoms with E-state index < -0.39 is 0 Å². The molecule has 0 saturated carbocycles. The molecule has 3 heteroatoms. The molecule has 0 radical (unpaired) electrons. The third-order valence-corrected chi connectivity index (χ3v) is 0. The average Bonchev–Trinajstić information content (AvgIpc) is 0. The fourth-order valence-electron chi connectivity index (χ4n) is 0. The minimum atomic E-state index is 0. The molecule has 0 spiro atoms. The van der Waals surface area contributed by atoms with Gasteiger partial charge in [0.15, 0.2) is 0 Å². The van der Waals surface area contributed by atoms with Gasteiger partial charge < -0.3 is 18.4 Å². The summed E-state index contributed by atoms with van der Waals surface area (Å²) >= 11 is 0. The van der Waals surface area contributed by atoms with Crippen LogP contribution in [0.25, 0.3) is 0 Å². The molecular formula is CH4O2Ti. The average molecular weight is 95.9 g/mol. The van der Waals surface area contributed by atoms with Gasteiger partial charge in [-0.25, -0.2) is 0 Å². The van der Waals surface area contributed by atoms with Crippen molar-refractivity contribution in [2.45, 2.75) is 0 Å². The van der Waals surface area contributed by atoms with Crippen LogP contribution in [0.1, 0.15) is 0 Å². The minimum Gasteiger partial charge on any atom is -2.00 e. The van der Waals surface area contributed by atoms with Crippen molar-refractivity contribution in [3.63, 3.8) is 0 Å². The van der Waals surface area contributed by atoms with Crippen molar-refractivity contribution in [2.75, 3.05) is 0 Å². The maximum absolute atomic E-state index is 0. The summed E-state index contributed by atoms with van der Waals surface area (Å²) in [6, 6.07) is 0. The van der Waals surface area contributed by atoms with Gasteiger partial charge in [-0.3, -0.25) is 0 Å². The fraction of sp³-hybridized carbons (Fsp3) is 0. The molecule has 0 aliphatic carbocycles. The van der Waals surface area contributed by atoms with Gasteiger partial charge in [-0.15, -0.1) is 0 Å². The SMILES string of the molecule is [CH3-].[O-2].[OH-].[Ti+4]. The summed E-state index contributed by atoms with van der Waals surface area (Å²) in [5.41, 5.74) is 0. The van der Waals surface area contributed by atoms with Gasteiger partial charge in [0.25, 0.3) is 0 Å². The molecule has 0 aromatic rings. The molecule has 0 aromatic carbocycles. The van der Waals surface area contributed by atoms with Crippen LogP contribution in [0.4, 0.5) is 0 Å². The molecule has 0 fully saturated rings. The van der Waals surface area contributed by atoms with Crippen molar-refractivity contribution in [3.8, 4) is 0 Å². The van der Waals surface area contributed by atoms with E-state index in [4.69, 9.17) is 0 Å². The van der Waals surface area contributed by atoms with Crippen molar-refractivity contribution >= 4 is 0 Å². The van der Waals surface area contributed by atoms with E-state index in [0.717, 1.165) is 0 Å². The molecule has 0 heterocycles. The van der Waals surface area contributed by atoms with Crippen molar-refractivity contribution in [1.29, 1.82) is 0 Å². The van der Waals surface area contributed by atoms with Crippen LogP contribution >= 0.6 is 0 Å². The van der Waals surface area contributed by atoms with Crippen molar-refractivity contribution in [3.05, 3.63) is 7.43 Å². The zero-order valence-corrected chi connectivity index (χ0v) is 3.92. The topological polar surface area (TPSA) is 58.5 Å². The first-order valence-electron chi connectivity index (χ1n) is 0. The Hall–Kier alpha value is 0.634. The van der Waals surface area contributed by atoms with E-state index >= 15 is 0 Å². The van der Waals surface area contributed by atoms with Gasteiger partial charge in [0.05, 0.1) is 0 Å². The Bertz CT molecular complexity index is 6.00. The van der Waals surface area contributed by atoms with Gasteiger partial charge in [-0.2, -0.15) is 0 Å². The van der Waals surface area contributed by atoms with Crippen LogP contribution in [0, 0.1) is 7.43 Å². The molecule has 0 aliphatic heterocycles. The third-order valence-electron chi connectivity index (χ3n) is 0. The van der Waals surface area contributed by atoms with Crippen LogP contribution in [0.15, 0.2) is 0 Å². The standard InChI is InChI=1S/CH3.H2O.O.Ti/h1H3;1H2;;/q-1;;-2;+4/p-1. The Balaban J connectivity index is 0. The van der Waals surface area contributed by atoms with Crippen molar-refractivity contribution in [1.82, 2.24) is 0 Å². The molecule has 0 amide bonds. The van der Waals surface area contributed by atoms with E-state index in [-0.39, 0.29) is 40.1 Å². The first-order valence-corrected chi connectivity index (χ1v) is 0. The molecule has 4 heavy (non-hydrogen) atoms. The van der Waals surface area contributed by atoms with Gasteiger partial charge in [-0.05, 0) is 0 Å². The van der Waals surface area contributed by atoms with Gasteiger partial charge in [0.1, 0.15) is 0 Å². The van der Waals surface area contributed by atoms with Crippen LogP contribution in [-0.2, 0) is 27.2 Å². The quantitative estimate of drug-likeness (QED) is 0.312. The molecule has 24 valence electrons. The largest absolute Gasteiger partial charge is 4.00 e. The summed E-state index contributed by atoms with van der Waals surface area (Å²) in [6.07, 6.45) is 0. The minimum absolute atomic E-state index is 0. The molecule has 1 N–H and O–H groups in total. The van der Waals surface area contributed by atoms with E-state index in [9.17, 15) is 0 Å². The van der Waals surface area contributed by atoms with Crippen LogP contribution in [0.2, 0.25) is 0 Å². The smallest absolute Gasteiger partial charge is 2.00 e. The van der Waals surface area contributed by atoms with Crippen LogP contribution < -0.4 is 0 Å². The maximum atomic E-state index is 0. The molecule has 0 atom stereocenters. The number of hydrogen-bond donors (Lipinski definition) is 0. The van der Waals surface area contributed by atoms with Crippen LogP contribution in [0.3, 0.4) is 0 Å². The number of hydrogen-bond acceptors (Lipinski definition) is 1. The Labute approximate surface area is 40.7 Å². The molecule has 0 aromatic heterocycles. The van der Waals surface area contributed by atoms with Gasteiger partial charge in [-0.1, -0.05) is 0 Å². The van der Waals surface area contributed by atoms with Crippen LogP contribution in [0.5, 0.6) is 0 Å². The van der Waals surface area contributed by atoms with Gasteiger partial charge in [0, 0.05) is 0 Å². The first kappa shape index (κ1) is 152. The Morgan fingerprint density at radius 1 is 1.00 bits per heavy atom. The van der Waals surface area contributed by atoms with E-state index in [1.165, 1.54) is 0 Å². The summed E-state index contributed by atoms with van der Waals surface area (Å²) in [6.45, 7) is 0. The zero-order valence-electron chi connectivity index (χ0n) is 2.36. The molecule has 0 saturated heterocycles. The fourth-order valence-corrected chi connectivity index (χ4v) is 0. The molecule has 2 nitrogen and oxygen atoms in total. The molecule has 0 unspecified atom stereocenters. The summed E-state index contributed by atoms with van der Waals surface area (Å²) in [5, 5.41) is 0. The first-order chi connectivity index (χ1) is 0. The molecule has 0 rings (SSSR count). The molecule has 0 aliphatic rings. The number of rotatable bonds is 0. The van der Waals surface area contributed by atoms with Crippen molar-refractivity contribution in [2.24, 2.45) is 0 Å². The summed E-state index contributed by atoms with van der Waals surface area (Å²) < 4.78 is 0. The third kappa shape index (κ3) is 17.5. The Kier molecular flexibility index (Phi) is 2380. The van der Waals surface area contributed by atoms with E-state index in [2.05, 4.69) is 0 Å². The summed E-state index contributed by atoms with van der Waals surface area (Å²) in [7, 11) is 0. The summed E-state index contributed by atoms with van der Waals surface area (Å²) in [5.74, 6) is 0. The van der Waals surface area contributed by atoms with Gasteiger partial charge in [0.2, 0.25) is 0 Å². The van der Waals surface area contributed by atoms with Crippen LogP contribution in [-0.4, -0.2) is 5.48 Å². The maximum Gasteiger partial charge on any atom is 4.00 e. The monoisotopic (exact) mass is 96.0 g/mol. The van der Waals surface area contributed by atoms with E-state index in [1.807, 2.05) is 0 Å². The second-order valence-electron chi connectivity index (χ2n) is 0. The second-order valence-corrected chi connectivity index (χ2v) is 0. The second kappa shape index (κ2) is 62.7. The predicted octanol–water partition coefficient (Wildman–Crippen LogP) is 0.152. The van der Waals surface area contributed by atoms with E-state index in [1.54, 1.807) is 0 Å². The van der Waals surface area contributed by atoms with Crippen molar-refractivity contribution < 1.29 is 32.7 Å². The molecule has 0 bridgehead atoms. The normalized spacial score (nSPS) is 0. The zero-order chi connectivity index (χ0) is 0. The Morgan fingerprint density at radius 3 is 1.00 bits per heavy atom. The van der Waals surface area contributed by atoms with E-state index in [0.29, 0.717) is 0 Å². The summed E-state index contributed by atoms with van der Waals surface area (Å²) in [4.78, 5) is 0. The van der Waals surface area contributed by atoms with Gasteiger partial charge >= 0.3 is 21.7 Å². The predicted molar refractivity (Wildman–Crippen MR) is 9.04 cm³/mol. The Morgan fingerprint density at radius 2 is 1.00 bits per heavy atom. The molecular weight excluding hydrogens is 91.9 g/mol.